The lowest BCUT2D eigenvalue weighted by atomic mass is 9.85. The molecular formula is C11H21NO3. The Morgan fingerprint density at radius 2 is 2.13 bits per heavy atom. The van der Waals surface area contributed by atoms with E-state index >= 15 is 0 Å². The molecule has 4 heteroatoms. The Kier molecular flexibility index (Phi) is 5.05. The molecule has 1 rings (SSSR count). The Hall–Kier alpha value is -0.610. The second-order valence-corrected chi connectivity index (χ2v) is 4.39. The summed E-state index contributed by atoms with van der Waals surface area (Å²) >= 11 is 0. The topological polar surface area (TPSA) is 83.6 Å². The van der Waals surface area contributed by atoms with Crippen LogP contribution in [0.25, 0.3) is 0 Å². The molecule has 0 aromatic heterocycles. The standard InChI is InChI=1S/C11H21NO3/c12-7-2-1-4-9(11(14)15)8-5-3-6-10(8)13/h8-10,13H,1-7,12H2,(H,14,15). The maximum Gasteiger partial charge on any atom is 0.306 e. The van der Waals surface area contributed by atoms with Gasteiger partial charge in [0.2, 0.25) is 0 Å². The molecule has 4 N–H and O–H groups in total. The number of carboxylic acids is 1. The zero-order valence-electron chi connectivity index (χ0n) is 9.06. The second kappa shape index (κ2) is 6.08. The molecule has 0 radical (unpaired) electrons. The first kappa shape index (κ1) is 12.5. The maximum absolute atomic E-state index is 11.1. The van der Waals surface area contributed by atoms with Gasteiger partial charge in [-0.25, -0.2) is 0 Å². The molecule has 4 nitrogen and oxygen atoms in total. The highest BCUT2D eigenvalue weighted by Gasteiger charge is 2.35. The van der Waals surface area contributed by atoms with E-state index in [4.69, 9.17) is 10.8 Å². The average Bonchev–Trinajstić information content (AvgIpc) is 2.59. The van der Waals surface area contributed by atoms with Gasteiger partial charge in [0, 0.05) is 0 Å². The molecular weight excluding hydrogens is 194 g/mol. The van der Waals surface area contributed by atoms with Crippen molar-refractivity contribution in [2.45, 2.75) is 44.6 Å². The molecule has 1 saturated carbocycles. The Bertz CT molecular complexity index is 208. The lowest BCUT2D eigenvalue weighted by Crippen LogP contribution is -2.29. The van der Waals surface area contributed by atoms with Gasteiger partial charge in [0.15, 0.2) is 0 Å². The van der Waals surface area contributed by atoms with Gasteiger partial charge in [-0.15, -0.1) is 0 Å². The molecule has 0 aromatic rings. The highest BCUT2D eigenvalue weighted by Crippen LogP contribution is 2.34. The molecule has 3 atom stereocenters. The molecule has 0 spiro atoms. The largest absolute Gasteiger partial charge is 0.481 e. The van der Waals surface area contributed by atoms with E-state index in [2.05, 4.69) is 0 Å². The summed E-state index contributed by atoms with van der Waals surface area (Å²) in [5, 5.41) is 18.8. The molecule has 3 unspecified atom stereocenters. The molecule has 0 aliphatic heterocycles. The third-order valence-electron chi connectivity index (χ3n) is 3.33. The van der Waals surface area contributed by atoms with Crippen molar-refractivity contribution in [3.8, 4) is 0 Å². The normalized spacial score (nSPS) is 27.9. The van der Waals surface area contributed by atoms with Crippen LogP contribution in [-0.2, 0) is 4.79 Å². The number of hydrogen-bond acceptors (Lipinski definition) is 3. The van der Waals surface area contributed by atoms with Crippen LogP contribution in [0.3, 0.4) is 0 Å². The van der Waals surface area contributed by atoms with E-state index in [0.29, 0.717) is 13.0 Å². The molecule has 0 heterocycles. The lowest BCUT2D eigenvalue weighted by molar-refractivity contribution is -0.145. The summed E-state index contributed by atoms with van der Waals surface area (Å²) in [6.45, 7) is 0.611. The first-order chi connectivity index (χ1) is 7.16. The van der Waals surface area contributed by atoms with E-state index < -0.39 is 12.1 Å². The summed E-state index contributed by atoms with van der Waals surface area (Å²) < 4.78 is 0. The quantitative estimate of drug-likeness (QED) is 0.577. The first-order valence-corrected chi connectivity index (χ1v) is 5.77. The predicted molar refractivity (Wildman–Crippen MR) is 57.4 cm³/mol. The number of aliphatic carboxylic acids is 1. The number of aliphatic hydroxyl groups excluding tert-OH is 1. The summed E-state index contributed by atoms with van der Waals surface area (Å²) in [6.07, 6.45) is 4.50. The van der Waals surface area contributed by atoms with Crippen LogP contribution in [0.5, 0.6) is 0 Å². The van der Waals surface area contributed by atoms with Crippen LogP contribution in [0.15, 0.2) is 0 Å². The molecule has 1 aliphatic carbocycles. The Morgan fingerprint density at radius 3 is 2.60 bits per heavy atom. The number of carboxylic acid groups (broad SMARTS) is 1. The van der Waals surface area contributed by atoms with Crippen LogP contribution in [-0.4, -0.2) is 28.8 Å². The number of rotatable bonds is 6. The van der Waals surface area contributed by atoms with Gasteiger partial charge < -0.3 is 15.9 Å². The van der Waals surface area contributed by atoms with E-state index in [1.807, 2.05) is 0 Å². The summed E-state index contributed by atoms with van der Waals surface area (Å²) in [5.41, 5.74) is 5.37. The van der Waals surface area contributed by atoms with E-state index in [-0.39, 0.29) is 11.8 Å². The predicted octanol–water partition coefficient (Wildman–Crippen LogP) is 0.977. The van der Waals surface area contributed by atoms with Crippen molar-refractivity contribution in [3.05, 3.63) is 0 Å². The Morgan fingerprint density at radius 1 is 1.40 bits per heavy atom. The van der Waals surface area contributed by atoms with Crippen LogP contribution in [0.1, 0.15) is 38.5 Å². The van der Waals surface area contributed by atoms with Gasteiger partial charge in [0.25, 0.3) is 0 Å². The van der Waals surface area contributed by atoms with E-state index in [1.165, 1.54) is 0 Å². The zero-order chi connectivity index (χ0) is 11.3. The molecule has 0 amide bonds. The fourth-order valence-corrected chi connectivity index (χ4v) is 2.47. The van der Waals surface area contributed by atoms with Crippen LogP contribution >= 0.6 is 0 Å². The average molecular weight is 215 g/mol. The molecule has 0 aromatic carbocycles. The molecule has 88 valence electrons. The molecule has 1 fully saturated rings. The summed E-state index contributed by atoms with van der Waals surface area (Å²) in [6, 6.07) is 0. The van der Waals surface area contributed by atoms with E-state index in [9.17, 15) is 9.90 Å². The van der Waals surface area contributed by atoms with Crippen molar-refractivity contribution in [3.63, 3.8) is 0 Å². The van der Waals surface area contributed by atoms with Crippen molar-refractivity contribution in [2.24, 2.45) is 17.6 Å². The summed E-state index contributed by atoms with van der Waals surface area (Å²) in [7, 11) is 0. The third-order valence-corrected chi connectivity index (χ3v) is 3.33. The lowest BCUT2D eigenvalue weighted by Gasteiger charge is -2.22. The van der Waals surface area contributed by atoms with E-state index in [1.54, 1.807) is 0 Å². The summed E-state index contributed by atoms with van der Waals surface area (Å²) in [5.74, 6) is -1.19. The van der Waals surface area contributed by atoms with Gasteiger partial charge >= 0.3 is 5.97 Å². The molecule has 15 heavy (non-hydrogen) atoms. The highest BCUT2D eigenvalue weighted by atomic mass is 16.4. The van der Waals surface area contributed by atoms with Crippen LogP contribution in [0.4, 0.5) is 0 Å². The van der Waals surface area contributed by atoms with Crippen LogP contribution in [0.2, 0.25) is 0 Å². The number of unbranched alkanes of at least 4 members (excludes halogenated alkanes) is 1. The third kappa shape index (κ3) is 3.47. The Labute approximate surface area is 90.5 Å². The minimum absolute atomic E-state index is 0.0414. The summed E-state index contributed by atoms with van der Waals surface area (Å²) in [4.78, 5) is 11.1. The van der Waals surface area contributed by atoms with E-state index in [0.717, 1.165) is 32.1 Å². The van der Waals surface area contributed by atoms with Crippen LogP contribution in [0, 0.1) is 11.8 Å². The maximum atomic E-state index is 11.1. The zero-order valence-corrected chi connectivity index (χ0v) is 9.06. The minimum Gasteiger partial charge on any atom is -0.481 e. The van der Waals surface area contributed by atoms with Gasteiger partial charge in [-0.2, -0.15) is 0 Å². The molecule has 0 saturated heterocycles. The van der Waals surface area contributed by atoms with Crippen molar-refractivity contribution in [2.75, 3.05) is 6.54 Å². The number of nitrogens with two attached hydrogens (primary N) is 1. The van der Waals surface area contributed by atoms with Crippen molar-refractivity contribution < 1.29 is 15.0 Å². The van der Waals surface area contributed by atoms with Gasteiger partial charge in [0.05, 0.1) is 12.0 Å². The van der Waals surface area contributed by atoms with Gasteiger partial charge in [-0.3, -0.25) is 4.79 Å². The first-order valence-electron chi connectivity index (χ1n) is 5.77. The minimum atomic E-state index is -0.766. The second-order valence-electron chi connectivity index (χ2n) is 4.39. The molecule has 0 bridgehead atoms. The molecule has 1 aliphatic rings. The monoisotopic (exact) mass is 215 g/mol. The Balaban J connectivity index is 2.45. The highest BCUT2D eigenvalue weighted by molar-refractivity contribution is 5.70. The number of aliphatic hydroxyl groups is 1. The van der Waals surface area contributed by atoms with Gasteiger partial charge in [-0.05, 0) is 38.1 Å². The number of carbonyl (C=O) groups is 1. The fourth-order valence-electron chi connectivity index (χ4n) is 2.47. The smallest absolute Gasteiger partial charge is 0.306 e. The van der Waals surface area contributed by atoms with Crippen molar-refractivity contribution >= 4 is 5.97 Å². The van der Waals surface area contributed by atoms with Gasteiger partial charge in [-0.1, -0.05) is 12.8 Å². The number of hydrogen-bond donors (Lipinski definition) is 3. The van der Waals surface area contributed by atoms with Crippen LogP contribution < -0.4 is 5.73 Å². The SMILES string of the molecule is NCCCCC(C(=O)O)C1CCCC1O. The van der Waals surface area contributed by atoms with Crippen molar-refractivity contribution in [1.82, 2.24) is 0 Å². The van der Waals surface area contributed by atoms with Gasteiger partial charge in [0.1, 0.15) is 0 Å². The fraction of sp³-hybridized carbons (Fsp3) is 0.909. The van der Waals surface area contributed by atoms with Crippen molar-refractivity contribution in [1.29, 1.82) is 0 Å².